The van der Waals surface area contributed by atoms with Crippen molar-refractivity contribution in [3.8, 4) is 11.1 Å². The minimum Gasteiger partial charge on any atom is -0.342 e. The Balaban J connectivity index is 1.08. The SMILES string of the molecule is Cc1cc2c3c(c1)N(c1ccc(C(C)(C)C)cc1)c1sc4cc5c(cc4c1B3c1cc3c(cc1N2CCc1cc2c(cc1-c1ccccc1)C(C)(C)CCC2(C)C)C(C)(C)CCC3(C)C)C1(C)CCC5(C)CC1. The van der Waals surface area contributed by atoms with Crippen molar-refractivity contribution in [2.75, 3.05) is 16.3 Å². The zero-order valence-corrected chi connectivity index (χ0v) is 47.6. The predicted octanol–water partition coefficient (Wildman–Crippen LogP) is 17.0. The van der Waals surface area contributed by atoms with Crippen molar-refractivity contribution < 1.29 is 0 Å². The highest BCUT2D eigenvalue weighted by Crippen LogP contribution is 2.59. The molecule has 0 saturated heterocycles. The summed E-state index contributed by atoms with van der Waals surface area (Å²) in [6.45, 7) is 35.6. The lowest BCUT2D eigenvalue weighted by Gasteiger charge is -2.52. The number of benzene rings is 6. The van der Waals surface area contributed by atoms with Gasteiger partial charge in [0.15, 0.2) is 0 Å². The van der Waals surface area contributed by atoms with Crippen LogP contribution in [0.4, 0.5) is 27.8 Å². The molecule has 6 aromatic carbocycles. The van der Waals surface area contributed by atoms with Crippen LogP contribution in [0.15, 0.2) is 103 Å². The molecule has 0 atom stereocenters. The van der Waals surface area contributed by atoms with E-state index in [1.54, 1.807) is 27.8 Å². The molecule has 1 fully saturated rings. The van der Waals surface area contributed by atoms with Crippen LogP contribution in [0.3, 0.4) is 0 Å². The van der Waals surface area contributed by atoms with Crippen molar-refractivity contribution in [3.63, 3.8) is 0 Å². The van der Waals surface area contributed by atoms with Crippen molar-refractivity contribution in [2.45, 2.75) is 193 Å². The molecule has 0 radical (unpaired) electrons. The maximum Gasteiger partial charge on any atom is 0.254 e. The minimum atomic E-state index is 0.0670. The average Bonchev–Trinajstić information content (AvgIpc) is 3.72. The van der Waals surface area contributed by atoms with Crippen LogP contribution in [0.1, 0.15) is 191 Å². The molecule has 1 aromatic heterocycles. The molecule has 1 saturated carbocycles. The highest BCUT2D eigenvalue weighted by molar-refractivity contribution is 7.26. The highest BCUT2D eigenvalue weighted by atomic mass is 32.1. The Morgan fingerprint density at radius 2 is 1.08 bits per heavy atom. The van der Waals surface area contributed by atoms with Crippen LogP contribution in [0, 0.1) is 6.92 Å². The van der Waals surface area contributed by atoms with Crippen LogP contribution in [-0.2, 0) is 44.3 Å². The van der Waals surface area contributed by atoms with Crippen LogP contribution >= 0.6 is 11.3 Å². The third-order valence-corrected chi connectivity index (χ3v) is 21.7. The summed E-state index contributed by atoms with van der Waals surface area (Å²) < 4.78 is 1.46. The van der Waals surface area contributed by atoms with Crippen molar-refractivity contribution in [3.05, 3.63) is 153 Å². The van der Waals surface area contributed by atoms with E-state index in [9.17, 15) is 0 Å². The molecule has 2 bridgehead atoms. The summed E-state index contributed by atoms with van der Waals surface area (Å²) in [4.78, 5) is 5.53. The first-order valence-corrected chi connectivity index (χ1v) is 29.1. The Bertz CT molecular complexity index is 3440. The van der Waals surface area contributed by atoms with E-state index in [4.69, 9.17) is 0 Å². The first-order chi connectivity index (χ1) is 34.4. The van der Waals surface area contributed by atoms with E-state index in [2.05, 4.69) is 221 Å². The van der Waals surface area contributed by atoms with Crippen LogP contribution in [-0.4, -0.2) is 13.3 Å². The van der Waals surface area contributed by atoms with Gasteiger partial charge in [-0.3, -0.25) is 0 Å². The number of aryl methyl sites for hydroxylation is 1. The summed E-state index contributed by atoms with van der Waals surface area (Å²) in [5.74, 6) is 0. The van der Waals surface area contributed by atoms with Crippen molar-refractivity contribution in [1.82, 2.24) is 0 Å². The number of fused-ring (bicyclic) bond motifs is 10. The molecule has 0 amide bonds. The van der Waals surface area contributed by atoms with E-state index in [-0.39, 0.29) is 44.6 Å². The molecule has 3 heterocycles. The molecule has 7 aromatic rings. The van der Waals surface area contributed by atoms with Gasteiger partial charge in [-0.1, -0.05) is 151 Å². The summed E-state index contributed by atoms with van der Waals surface area (Å²) >= 11 is 2.06. The molecule has 14 rings (SSSR count). The lowest BCUT2D eigenvalue weighted by Crippen LogP contribution is -2.62. The lowest BCUT2D eigenvalue weighted by atomic mass is 9.33. The van der Waals surface area contributed by atoms with Gasteiger partial charge in [-0.25, -0.2) is 0 Å². The Kier molecular flexibility index (Phi) is 10.1. The van der Waals surface area contributed by atoms with Crippen molar-refractivity contribution in [1.29, 1.82) is 0 Å². The standard InChI is InChI=1S/C69H79BN2S/c1-42-34-57-61-58(35-42)72(46-22-20-45(21-23-46)63(2,3)4)62-60(48-38-53-54(41-59(48)73-62)69(14)31-29-68(53,13)30-32-69)70(61)55-39-51-52(67(11,12)28-27-66(51,9)10)40-56(55)71(57)33-24-44-36-49-50(65(7,8)26-25-64(49,5)6)37-47(44)43-18-16-15-17-19-43/h15-23,34-41H,24-33H2,1-14H3. The van der Waals surface area contributed by atoms with Gasteiger partial charge in [0.2, 0.25) is 0 Å². The second-order valence-corrected chi connectivity index (χ2v) is 29.5. The maximum atomic E-state index is 2.82. The fourth-order valence-electron chi connectivity index (χ4n) is 15.3. The van der Waals surface area contributed by atoms with Gasteiger partial charge in [0.25, 0.3) is 6.71 Å². The van der Waals surface area contributed by atoms with E-state index < -0.39 is 0 Å². The molecule has 73 heavy (non-hydrogen) atoms. The van der Waals surface area contributed by atoms with Gasteiger partial charge in [-0.2, -0.15) is 0 Å². The lowest BCUT2D eigenvalue weighted by molar-refractivity contribution is 0.188. The molecule has 0 unspecified atom stereocenters. The first-order valence-electron chi connectivity index (χ1n) is 28.2. The molecular weight excluding hydrogens is 900 g/mol. The molecule has 0 N–H and O–H groups in total. The van der Waals surface area contributed by atoms with Gasteiger partial charge in [0, 0.05) is 34.0 Å². The number of rotatable bonds is 5. The van der Waals surface area contributed by atoms with Crippen molar-refractivity contribution in [2.24, 2.45) is 0 Å². The number of thiophene rings is 1. The Morgan fingerprint density at radius 3 is 1.68 bits per heavy atom. The Morgan fingerprint density at radius 1 is 0.534 bits per heavy atom. The Labute approximate surface area is 443 Å². The van der Waals surface area contributed by atoms with Crippen LogP contribution in [0.25, 0.3) is 21.2 Å². The minimum absolute atomic E-state index is 0.0670. The third kappa shape index (κ3) is 7.06. The van der Waals surface area contributed by atoms with Crippen LogP contribution in [0.2, 0.25) is 0 Å². The molecule has 2 aliphatic heterocycles. The van der Waals surface area contributed by atoms with Gasteiger partial charge in [-0.15, -0.1) is 11.3 Å². The zero-order valence-electron chi connectivity index (χ0n) is 46.8. The van der Waals surface area contributed by atoms with Crippen LogP contribution < -0.4 is 26.2 Å². The average molecular weight is 979 g/mol. The summed E-state index contributed by atoms with van der Waals surface area (Å²) in [5, 5.41) is 2.89. The normalized spacial score (nSPS) is 23.3. The summed E-state index contributed by atoms with van der Waals surface area (Å²) in [6, 6.07) is 42.3. The zero-order chi connectivity index (χ0) is 51.2. The van der Waals surface area contributed by atoms with Gasteiger partial charge in [0.05, 0.1) is 5.00 Å². The van der Waals surface area contributed by atoms with Crippen LogP contribution in [0.5, 0.6) is 0 Å². The first kappa shape index (κ1) is 47.6. The van der Waals surface area contributed by atoms with E-state index in [1.165, 1.54) is 139 Å². The molecule has 4 heteroatoms. The molecule has 5 aliphatic carbocycles. The predicted molar refractivity (Wildman–Crippen MR) is 317 cm³/mol. The van der Waals surface area contributed by atoms with Crippen molar-refractivity contribution >= 4 is 72.3 Å². The fourth-order valence-corrected chi connectivity index (χ4v) is 16.6. The topological polar surface area (TPSA) is 6.48 Å². The summed E-state index contributed by atoms with van der Waals surface area (Å²) in [5.41, 5.74) is 27.2. The van der Waals surface area contributed by atoms with Gasteiger partial charge in [0.1, 0.15) is 0 Å². The second kappa shape index (κ2) is 15.5. The summed E-state index contributed by atoms with van der Waals surface area (Å²) in [6.07, 6.45) is 10.9. The largest absolute Gasteiger partial charge is 0.342 e. The third-order valence-electron chi connectivity index (χ3n) is 20.6. The Hall–Kier alpha value is -5.06. The molecular formula is C69H79BN2S. The number of nitrogens with zero attached hydrogens (tertiary/aromatic N) is 2. The molecule has 0 spiro atoms. The van der Waals surface area contributed by atoms with Gasteiger partial charge in [-0.05, 0) is 228 Å². The molecule has 2 nitrogen and oxygen atoms in total. The van der Waals surface area contributed by atoms with E-state index in [0.29, 0.717) is 0 Å². The smallest absolute Gasteiger partial charge is 0.254 e. The monoisotopic (exact) mass is 979 g/mol. The van der Waals surface area contributed by atoms with E-state index in [0.717, 1.165) is 13.0 Å². The van der Waals surface area contributed by atoms with E-state index >= 15 is 0 Å². The molecule has 7 aliphatic rings. The second-order valence-electron chi connectivity index (χ2n) is 28.4. The summed E-state index contributed by atoms with van der Waals surface area (Å²) in [7, 11) is 0. The van der Waals surface area contributed by atoms with Gasteiger partial charge >= 0.3 is 0 Å². The van der Waals surface area contributed by atoms with E-state index in [1.807, 2.05) is 0 Å². The number of anilines is 5. The highest BCUT2D eigenvalue weighted by Gasteiger charge is 2.51. The maximum absolute atomic E-state index is 2.82. The number of hydrogen-bond acceptors (Lipinski definition) is 3. The fraction of sp³-hybridized carbons (Fsp3) is 0.449. The molecule has 374 valence electrons. The quantitative estimate of drug-likeness (QED) is 0.159. The number of hydrogen-bond donors (Lipinski definition) is 0. The van der Waals surface area contributed by atoms with Gasteiger partial charge < -0.3 is 9.80 Å².